The number of halogens is 1. The summed E-state index contributed by atoms with van der Waals surface area (Å²) in [5.41, 5.74) is 0.164. The number of methoxy groups -OCH3 is 1. The zero-order valence-corrected chi connectivity index (χ0v) is 17.7. The van der Waals surface area contributed by atoms with Gasteiger partial charge in [-0.15, -0.1) is 0 Å². The fourth-order valence-electron chi connectivity index (χ4n) is 3.62. The van der Waals surface area contributed by atoms with Crippen LogP contribution >= 0.6 is 11.6 Å². The minimum absolute atomic E-state index is 0.0239. The lowest BCUT2D eigenvalue weighted by Crippen LogP contribution is -2.21. The van der Waals surface area contributed by atoms with Crippen molar-refractivity contribution in [3.63, 3.8) is 0 Å². The molecule has 4 rings (SSSR count). The number of sulfone groups is 1. The van der Waals surface area contributed by atoms with Crippen molar-refractivity contribution in [3.05, 3.63) is 63.4 Å². The van der Waals surface area contributed by atoms with Crippen molar-refractivity contribution in [2.45, 2.75) is 12.5 Å². The second kappa shape index (κ2) is 7.77. The highest BCUT2D eigenvalue weighted by molar-refractivity contribution is 7.91. The summed E-state index contributed by atoms with van der Waals surface area (Å²) in [4.78, 5) is 17.6. The maximum Gasteiger partial charge on any atom is 0.265 e. The van der Waals surface area contributed by atoms with E-state index in [9.17, 15) is 18.3 Å². The SMILES string of the molecule is COc1ccc(Cl)cc1-n1c(O)c(C=N[C@@H]2CCS(=O)(=O)C2)c2ccccc2c1=O. The predicted molar refractivity (Wildman–Crippen MR) is 117 cm³/mol. The van der Waals surface area contributed by atoms with Crippen molar-refractivity contribution in [3.8, 4) is 17.3 Å². The molecule has 1 aliphatic rings. The summed E-state index contributed by atoms with van der Waals surface area (Å²) in [6.07, 6.45) is 1.87. The Hall–Kier alpha value is -2.84. The number of nitrogens with zero attached hydrogens (tertiary/aromatic N) is 2. The average molecular weight is 447 g/mol. The van der Waals surface area contributed by atoms with Gasteiger partial charge in [-0.05, 0) is 30.7 Å². The number of hydrogen-bond donors (Lipinski definition) is 1. The van der Waals surface area contributed by atoms with Crippen molar-refractivity contribution in [1.29, 1.82) is 0 Å². The molecule has 0 saturated carbocycles. The number of aliphatic imine (C=N–C) groups is 1. The number of hydrogen-bond acceptors (Lipinski definition) is 6. The van der Waals surface area contributed by atoms with E-state index in [1.54, 1.807) is 36.4 Å². The number of aromatic hydroxyl groups is 1. The molecule has 0 unspecified atom stereocenters. The highest BCUT2D eigenvalue weighted by Gasteiger charge is 2.27. The third-order valence-electron chi connectivity index (χ3n) is 5.11. The minimum atomic E-state index is -3.09. The first-order chi connectivity index (χ1) is 14.3. The quantitative estimate of drug-likeness (QED) is 0.621. The molecule has 1 fully saturated rings. The lowest BCUT2D eigenvalue weighted by atomic mass is 10.1. The Balaban J connectivity index is 1.96. The number of rotatable bonds is 4. The van der Waals surface area contributed by atoms with Gasteiger partial charge in [0.25, 0.3) is 5.56 Å². The van der Waals surface area contributed by atoms with Gasteiger partial charge in [0.05, 0.1) is 35.9 Å². The molecule has 30 heavy (non-hydrogen) atoms. The van der Waals surface area contributed by atoms with Gasteiger partial charge in [0, 0.05) is 22.0 Å². The Morgan fingerprint density at radius 3 is 2.63 bits per heavy atom. The van der Waals surface area contributed by atoms with Gasteiger partial charge in [-0.3, -0.25) is 9.79 Å². The molecule has 1 aliphatic heterocycles. The van der Waals surface area contributed by atoms with E-state index in [0.717, 1.165) is 4.57 Å². The molecule has 0 bridgehead atoms. The smallest absolute Gasteiger partial charge is 0.265 e. The normalized spacial score (nSPS) is 18.3. The highest BCUT2D eigenvalue weighted by atomic mass is 35.5. The molecule has 0 aliphatic carbocycles. The molecule has 9 heteroatoms. The van der Waals surface area contributed by atoms with E-state index in [1.807, 2.05) is 0 Å². The summed E-state index contributed by atoms with van der Waals surface area (Å²) in [5.74, 6) is 0.103. The van der Waals surface area contributed by atoms with Crippen LogP contribution in [0.5, 0.6) is 11.6 Å². The first-order valence-electron chi connectivity index (χ1n) is 9.25. The van der Waals surface area contributed by atoms with Crippen molar-refractivity contribution in [2.75, 3.05) is 18.6 Å². The van der Waals surface area contributed by atoms with Crippen LogP contribution < -0.4 is 10.3 Å². The van der Waals surface area contributed by atoms with Gasteiger partial charge in [-0.2, -0.15) is 0 Å². The van der Waals surface area contributed by atoms with Gasteiger partial charge in [-0.1, -0.05) is 29.8 Å². The molecule has 0 amide bonds. The molecule has 1 aromatic heterocycles. The van der Waals surface area contributed by atoms with Crippen LogP contribution in [0.3, 0.4) is 0 Å². The topological polar surface area (TPSA) is 98.0 Å². The molecule has 1 atom stereocenters. The zero-order valence-electron chi connectivity index (χ0n) is 16.1. The van der Waals surface area contributed by atoms with E-state index < -0.39 is 15.4 Å². The van der Waals surface area contributed by atoms with Crippen molar-refractivity contribution < 1.29 is 18.3 Å². The van der Waals surface area contributed by atoms with E-state index in [0.29, 0.717) is 33.5 Å². The minimum Gasteiger partial charge on any atom is -0.495 e. The first-order valence-corrected chi connectivity index (χ1v) is 11.4. The lowest BCUT2D eigenvalue weighted by Gasteiger charge is -2.16. The molecular formula is C21H19ClN2O5S. The van der Waals surface area contributed by atoms with Crippen molar-refractivity contribution >= 4 is 38.4 Å². The van der Waals surface area contributed by atoms with Crippen molar-refractivity contribution in [2.24, 2.45) is 4.99 Å². The zero-order chi connectivity index (χ0) is 21.5. The Labute approximate surface area is 178 Å². The third kappa shape index (κ3) is 3.68. The van der Waals surface area contributed by atoms with Crippen LogP contribution in [0.2, 0.25) is 5.02 Å². The summed E-state index contributed by atoms with van der Waals surface area (Å²) in [6.45, 7) is 0. The van der Waals surface area contributed by atoms with Crippen LogP contribution in [-0.2, 0) is 9.84 Å². The van der Waals surface area contributed by atoms with Crippen LogP contribution in [0.1, 0.15) is 12.0 Å². The molecule has 156 valence electrons. The van der Waals surface area contributed by atoms with E-state index in [2.05, 4.69) is 4.99 Å². The van der Waals surface area contributed by atoms with Crippen LogP contribution in [0.25, 0.3) is 16.5 Å². The predicted octanol–water partition coefficient (Wildman–Crippen LogP) is 2.96. The van der Waals surface area contributed by atoms with Crippen LogP contribution in [-0.4, -0.2) is 49.0 Å². The maximum atomic E-state index is 13.2. The first kappa shape index (κ1) is 20.4. The van der Waals surface area contributed by atoms with Gasteiger partial charge in [0.15, 0.2) is 9.84 Å². The number of benzene rings is 2. The van der Waals surface area contributed by atoms with E-state index in [4.69, 9.17) is 16.3 Å². The molecule has 3 aromatic rings. The largest absolute Gasteiger partial charge is 0.495 e. The molecule has 1 saturated heterocycles. The van der Waals surface area contributed by atoms with Gasteiger partial charge in [0.2, 0.25) is 5.88 Å². The molecule has 1 N–H and O–H groups in total. The highest BCUT2D eigenvalue weighted by Crippen LogP contribution is 2.32. The maximum absolute atomic E-state index is 13.2. The van der Waals surface area contributed by atoms with E-state index in [-0.39, 0.29) is 29.1 Å². The van der Waals surface area contributed by atoms with Gasteiger partial charge >= 0.3 is 0 Å². The standard InChI is InChI=1S/C21H19ClN2O5S/c1-29-19-7-6-13(22)10-18(19)24-20(25)16-5-3-2-4-15(16)17(21(24)26)11-23-14-8-9-30(27,28)12-14/h2-7,10-11,14,26H,8-9,12H2,1H3/t14-/m1/s1. The Morgan fingerprint density at radius 1 is 1.23 bits per heavy atom. The van der Waals surface area contributed by atoms with Gasteiger partial charge in [-0.25, -0.2) is 13.0 Å². The molecule has 0 spiro atoms. The second-order valence-electron chi connectivity index (χ2n) is 7.07. The summed E-state index contributed by atoms with van der Waals surface area (Å²) in [7, 11) is -1.63. The molecule has 7 nitrogen and oxygen atoms in total. The van der Waals surface area contributed by atoms with Gasteiger partial charge in [0.1, 0.15) is 5.75 Å². The fraction of sp³-hybridized carbons (Fsp3) is 0.238. The summed E-state index contributed by atoms with van der Waals surface area (Å²) < 4.78 is 29.9. The van der Waals surface area contributed by atoms with Crippen LogP contribution in [0, 0.1) is 0 Å². The molecular weight excluding hydrogens is 428 g/mol. The fourth-order valence-corrected chi connectivity index (χ4v) is 5.43. The Morgan fingerprint density at radius 2 is 1.97 bits per heavy atom. The Bertz CT molecular complexity index is 1330. The summed E-state index contributed by atoms with van der Waals surface area (Å²) in [5, 5.41) is 12.3. The molecule has 2 heterocycles. The second-order valence-corrected chi connectivity index (χ2v) is 9.74. The lowest BCUT2D eigenvalue weighted by molar-refractivity contribution is 0.404. The molecule has 0 radical (unpaired) electrons. The number of fused-ring (bicyclic) bond motifs is 1. The number of pyridine rings is 1. The number of aromatic nitrogens is 1. The van der Waals surface area contributed by atoms with E-state index >= 15 is 0 Å². The van der Waals surface area contributed by atoms with Crippen LogP contribution in [0.15, 0.2) is 52.3 Å². The van der Waals surface area contributed by atoms with E-state index in [1.165, 1.54) is 19.4 Å². The third-order valence-corrected chi connectivity index (χ3v) is 7.09. The van der Waals surface area contributed by atoms with Crippen molar-refractivity contribution in [1.82, 2.24) is 4.57 Å². The van der Waals surface area contributed by atoms with Gasteiger partial charge < -0.3 is 9.84 Å². The summed E-state index contributed by atoms with van der Waals surface area (Å²) in [6, 6.07) is 11.2. The summed E-state index contributed by atoms with van der Waals surface area (Å²) >= 11 is 6.12. The number of ether oxygens (including phenoxy) is 1. The monoisotopic (exact) mass is 446 g/mol. The Kier molecular flexibility index (Phi) is 5.29. The van der Waals surface area contributed by atoms with Crippen LogP contribution in [0.4, 0.5) is 0 Å². The average Bonchev–Trinajstić information content (AvgIpc) is 3.07. The molecule has 2 aromatic carbocycles.